The number of likely N-dealkylation sites (tertiary alicyclic amines) is 1. The highest BCUT2D eigenvalue weighted by atomic mass is 16.5. The number of piperidine rings is 1. The van der Waals surface area contributed by atoms with Gasteiger partial charge in [-0.1, -0.05) is 0 Å². The van der Waals surface area contributed by atoms with E-state index >= 15 is 0 Å². The summed E-state index contributed by atoms with van der Waals surface area (Å²) in [6, 6.07) is 4.11. The van der Waals surface area contributed by atoms with E-state index in [1.165, 1.54) is 11.8 Å². The average molecular weight is 373 g/mol. The molecule has 1 atom stereocenters. The van der Waals surface area contributed by atoms with E-state index < -0.39 is 6.04 Å². The first-order valence-corrected chi connectivity index (χ1v) is 8.97. The fourth-order valence-corrected chi connectivity index (χ4v) is 3.57. The molecular formula is C19H23N3O5. The van der Waals surface area contributed by atoms with E-state index in [4.69, 9.17) is 10.5 Å². The lowest BCUT2D eigenvalue weighted by molar-refractivity contribution is -0.137. The molecule has 0 aromatic heterocycles. The van der Waals surface area contributed by atoms with Gasteiger partial charge in [-0.25, -0.2) is 0 Å². The first-order valence-electron chi connectivity index (χ1n) is 8.97. The van der Waals surface area contributed by atoms with E-state index in [0.717, 1.165) is 0 Å². The smallest absolute Gasteiger partial charge is 0.265 e. The molecule has 1 unspecified atom stereocenters. The Kier molecular flexibility index (Phi) is 5.16. The fourth-order valence-electron chi connectivity index (χ4n) is 3.57. The summed E-state index contributed by atoms with van der Waals surface area (Å²) in [4.78, 5) is 51.5. The molecule has 2 N–H and O–H groups in total. The molecule has 0 saturated carbocycles. The Balaban J connectivity index is 1.82. The van der Waals surface area contributed by atoms with Crippen molar-refractivity contribution in [3.63, 3.8) is 0 Å². The maximum Gasteiger partial charge on any atom is 0.265 e. The molecule has 8 nitrogen and oxygen atoms in total. The highest BCUT2D eigenvalue weighted by Gasteiger charge is 2.36. The van der Waals surface area contributed by atoms with Crippen LogP contribution in [-0.2, 0) is 14.4 Å². The molecule has 0 bridgehead atoms. The van der Waals surface area contributed by atoms with Crippen molar-refractivity contribution in [2.45, 2.75) is 32.7 Å². The van der Waals surface area contributed by atoms with E-state index in [1.807, 2.05) is 0 Å². The van der Waals surface area contributed by atoms with Gasteiger partial charge in [-0.2, -0.15) is 0 Å². The van der Waals surface area contributed by atoms with Crippen LogP contribution < -0.4 is 15.4 Å². The number of anilines is 1. The summed E-state index contributed by atoms with van der Waals surface area (Å²) in [6.45, 7) is 3.80. The number of hydrogen-bond donors (Lipinski definition) is 1. The number of carbonyl (C=O) groups excluding carboxylic acids is 4. The van der Waals surface area contributed by atoms with Crippen LogP contribution in [0.5, 0.6) is 5.75 Å². The predicted octanol–water partition coefficient (Wildman–Crippen LogP) is 0.727. The lowest BCUT2D eigenvalue weighted by atomic mass is 9.96. The summed E-state index contributed by atoms with van der Waals surface area (Å²) >= 11 is 0. The van der Waals surface area contributed by atoms with Gasteiger partial charge in [-0.15, -0.1) is 0 Å². The third-order valence-electron chi connectivity index (χ3n) is 5.20. The molecule has 8 heteroatoms. The number of nitrogens with two attached hydrogens (primary N) is 1. The van der Waals surface area contributed by atoms with Crippen molar-refractivity contribution in [2.75, 3.05) is 24.6 Å². The summed E-state index contributed by atoms with van der Waals surface area (Å²) < 4.78 is 5.44. The molecule has 0 aliphatic carbocycles. The average Bonchev–Trinajstić information content (AvgIpc) is 2.66. The molecule has 2 aliphatic heterocycles. The molecule has 1 aromatic carbocycles. The molecule has 1 fully saturated rings. The number of nitrogens with zero attached hydrogens (tertiary/aromatic N) is 2. The number of benzene rings is 1. The Morgan fingerprint density at radius 2 is 1.89 bits per heavy atom. The molecule has 1 aromatic rings. The van der Waals surface area contributed by atoms with Crippen LogP contribution in [0.3, 0.4) is 0 Å². The van der Waals surface area contributed by atoms with Gasteiger partial charge in [0.2, 0.25) is 11.8 Å². The number of primary amides is 1. The zero-order valence-corrected chi connectivity index (χ0v) is 15.4. The van der Waals surface area contributed by atoms with Crippen LogP contribution in [0.4, 0.5) is 5.69 Å². The van der Waals surface area contributed by atoms with E-state index in [2.05, 4.69) is 0 Å². The molecule has 27 heavy (non-hydrogen) atoms. The maximum atomic E-state index is 13.0. The number of ether oxygens (including phenoxy) is 1. The zero-order valence-electron chi connectivity index (χ0n) is 15.4. The number of hydrogen-bond acceptors (Lipinski definition) is 5. The van der Waals surface area contributed by atoms with E-state index in [9.17, 15) is 19.2 Å². The van der Waals surface area contributed by atoms with E-state index in [1.54, 1.807) is 30.0 Å². The van der Waals surface area contributed by atoms with Crippen molar-refractivity contribution >= 4 is 29.2 Å². The first-order chi connectivity index (χ1) is 12.8. The Morgan fingerprint density at radius 3 is 2.48 bits per heavy atom. The fraction of sp³-hybridized carbons (Fsp3) is 0.474. The standard InChI is InChI=1S/C19H23N3O5/c1-11(19(26)21-7-5-13(6-8-21)18(20)25)22-15-9-14(12(2)23)3-4-16(15)27-10-17(22)24/h3-4,9,11,13H,5-8,10H2,1-2H3,(H2,20,25). The Bertz CT molecular complexity index is 799. The number of amides is 3. The minimum absolute atomic E-state index is 0.136. The van der Waals surface area contributed by atoms with Crippen LogP contribution in [-0.4, -0.2) is 54.1 Å². The van der Waals surface area contributed by atoms with Crippen LogP contribution >= 0.6 is 0 Å². The third kappa shape index (κ3) is 3.65. The predicted molar refractivity (Wildman–Crippen MR) is 97.4 cm³/mol. The number of rotatable bonds is 4. The molecule has 2 aliphatic rings. The van der Waals surface area contributed by atoms with Crippen LogP contribution in [0, 0.1) is 5.92 Å². The second-order valence-corrected chi connectivity index (χ2v) is 6.97. The lowest BCUT2D eigenvalue weighted by Gasteiger charge is -2.38. The maximum absolute atomic E-state index is 13.0. The summed E-state index contributed by atoms with van der Waals surface area (Å²) in [7, 11) is 0. The molecule has 3 rings (SSSR count). The van der Waals surface area contributed by atoms with E-state index in [-0.39, 0.29) is 36.0 Å². The Hall–Kier alpha value is -2.90. The van der Waals surface area contributed by atoms with Gasteiger partial charge >= 0.3 is 0 Å². The topological polar surface area (TPSA) is 110 Å². The third-order valence-corrected chi connectivity index (χ3v) is 5.20. The SMILES string of the molecule is CC(=O)c1ccc2c(c1)N(C(C)C(=O)N1CCC(C(N)=O)CC1)C(=O)CO2. The zero-order chi connectivity index (χ0) is 19.7. The Labute approximate surface area is 157 Å². The molecule has 144 valence electrons. The summed E-state index contributed by atoms with van der Waals surface area (Å²) in [6.07, 6.45) is 1.05. The Morgan fingerprint density at radius 1 is 1.22 bits per heavy atom. The van der Waals surface area contributed by atoms with Gasteiger partial charge in [-0.05, 0) is 44.9 Å². The van der Waals surface area contributed by atoms with Crippen molar-refractivity contribution in [2.24, 2.45) is 11.7 Å². The minimum Gasteiger partial charge on any atom is -0.482 e. The summed E-state index contributed by atoms with van der Waals surface area (Å²) in [5.74, 6) is -0.768. The minimum atomic E-state index is -0.743. The van der Waals surface area contributed by atoms with Gasteiger partial charge in [0.1, 0.15) is 11.8 Å². The van der Waals surface area contributed by atoms with Crippen molar-refractivity contribution in [1.29, 1.82) is 0 Å². The van der Waals surface area contributed by atoms with Gasteiger partial charge in [0.25, 0.3) is 5.91 Å². The molecule has 0 radical (unpaired) electrons. The summed E-state index contributed by atoms with van der Waals surface area (Å²) in [5.41, 5.74) is 6.21. The van der Waals surface area contributed by atoms with Crippen molar-refractivity contribution in [3.8, 4) is 5.75 Å². The number of Topliss-reactive ketones (excluding diaryl/α,β-unsaturated/α-hetero) is 1. The van der Waals surface area contributed by atoms with Gasteiger partial charge in [0.15, 0.2) is 12.4 Å². The van der Waals surface area contributed by atoms with Crippen LogP contribution in [0.2, 0.25) is 0 Å². The van der Waals surface area contributed by atoms with E-state index in [0.29, 0.717) is 42.9 Å². The normalized spacial score (nSPS) is 18.5. The van der Waals surface area contributed by atoms with Gasteiger partial charge in [-0.3, -0.25) is 24.1 Å². The van der Waals surface area contributed by atoms with Gasteiger partial charge < -0.3 is 15.4 Å². The molecule has 0 spiro atoms. The van der Waals surface area contributed by atoms with Crippen molar-refractivity contribution < 1.29 is 23.9 Å². The van der Waals surface area contributed by atoms with Crippen molar-refractivity contribution in [3.05, 3.63) is 23.8 Å². The first kappa shape index (κ1) is 18.9. The largest absolute Gasteiger partial charge is 0.482 e. The van der Waals surface area contributed by atoms with Gasteiger partial charge in [0.05, 0.1) is 5.69 Å². The second kappa shape index (κ2) is 7.38. The monoisotopic (exact) mass is 373 g/mol. The van der Waals surface area contributed by atoms with Crippen LogP contribution in [0.25, 0.3) is 0 Å². The summed E-state index contributed by atoms with van der Waals surface area (Å²) in [5, 5.41) is 0. The molecule has 3 amide bonds. The van der Waals surface area contributed by atoms with Crippen LogP contribution in [0.1, 0.15) is 37.0 Å². The number of ketones is 1. The second-order valence-electron chi connectivity index (χ2n) is 6.97. The van der Waals surface area contributed by atoms with Crippen molar-refractivity contribution in [1.82, 2.24) is 4.90 Å². The number of fused-ring (bicyclic) bond motifs is 1. The molecule has 1 saturated heterocycles. The molecule has 2 heterocycles. The highest BCUT2D eigenvalue weighted by Crippen LogP contribution is 2.35. The van der Waals surface area contributed by atoms with Crippen LogP contribution in [0.15, 0.2) is 18.2 Å². The highest BCUT2D eigenvalue weighted by molar-refractivity contribution is 6.05. The lowest BCUT2D eigenvalue weighted by Crippen LogP contribution is -2.54. The number of carbonyl (C=O) groups is 4. The molecular weight excluding hydrogens is 350 g/mol. The quantitative estimate of drug-likeness (QED) is 0.782. The van der Waals surface area contributed by atoms with Gasteiger partial charge in [0, 0.05) is 24.6 Å².